The Morgan fingerprint density at radius 1 is 1.36 bits per heavy atom. The molecule has 0 aliphatic rings. The van der Waals surface area contributed by atoms with Crippen molar-refractivity contribution in [2.75, 3.05) is 0 Å². The average Bonchev–Trinajstić information content (AvgIpc) is 2.18. The van der Waals surface area contributed by atoms with Crippen molar-refractivity contribution in [3.05, 3.63) is 42.5 Å². The number of para-hydroxylation sites is 1. The summed E-state index contributed by atoms with van der Waals surface area (Å²) in [6, 6.07) is 9.04. The molecule has 74 valence electrons. The zero-order valence-corrected chi connectivity index (χ0v) is 8.49. The minimum atomic E-state index is -0.260. The summed E-state index contributed by atoms with van der Waals surface area (Å²) in [6.45, 7) is 7.32. The number of esters is 1. The minimum Gasteiger partial charge on any atom is -0.426 e. The quantitative estimate of drug-likeness (QED) is 0.416. The van der Waals surface area contributed by atoms with Crippen LogP contribution in [0.25, 0.3) is 0 Å². The third-order valence-corrected chi connectivity index (χ3v) is 2.05. The van der Waals surface area contributed by atoms with Gasteiger partial charge in [0.25, 0.3) is 0 Å². The number of ether oxygens (including phenoxy) is 1. The molecule has 0 amide bonds. The van der Waals surface area contributed by atoms with Crippen molar-refractivity contribution < 1.29 is 9.53 Å². The predicted molar refractivity (Wildman–Crippen MR) is 56.1 cm³/mol. The zero-order chi connectivity index (χ0) is 10.6. The second-order valence-corrected chi connectivity index (χ2v) is 3.30. The summed E-state index contributed by atoms with van der Waals surface area (Å²) in [5.41, 5.74) is 0.811. The molecule has 1 unspecified atom stereocenters. The first-order valence-electron chi connectivity index (χ1n) is 4.53. The zero-order valence-electron chi connectivity index (χ0n) is 8.49. The Bertz CT molecular complexity index is 327. The highest BCUT2D eigenvalue weighted by molar-refractivity contribution is 5.77. The first-order valence-corrected chi connectivity index (χ1v) is 4.53. The Balaban J connectivity index is 2.62. The predicted octanol–water partition coefficient (Wildman–Crippen LogP) is 2.80. The largest absolute Gasteiger partial charge is 0.426 e. The maximum atomic E-state index is 11.5. The molecule has 2 heteroatoms. The summed E-state index contributed by atoms with van der Waals surface area (Å²) in [5, 5.41) is 0. The van der Waals surface area contributed by atoms with E-state index in [9.17, 15) is 4.79 Å². The molecule has 0 saturated heterocycles. The molecule has 0 bridgehead atoms. The molecular weight excluding hydrogens is 176 g/mol. The lowest BCUT2D eigenvalue weighted by Gasteiger charge is -2.10. The molecule has 14 heavy (non-hydrogen) atoms. The third kappa shape index (κ3) is 2.73. The van der Waals surface area contributed by atoms with E-state index in [1.807, 2.05) is 25.1 Å². The first-order chi connectivity index (χ1) is 6.61. The van der Waals surface area contributed by atoms with Crippen LogP contribution in [0.3, 0.4) is 0 Å². The van der Waals surface area contributed by atoms with Gasteiger partial charge in [-0.25, -0.2) is 0 Å². The van der Waals surface area contributed by atoms with Crippen LogP contribution in [0.5, 0.6) is 5.75 Å². The van der Waals surface area contributed by atoms with E-state index in [0.717, 1.165) is 5.57 Å². The second-order valence-electron chi connectivity index (χ2n) is 3.30. The van der Waals surface area contributed by atoms with Gasteiger partial charge in [0.2, 0.25) is 0 Å². The van der Waals surface area contributed by atoms with Crippen molar-refractivity contribution in [3.8, 4) is 5.75 Å². The average molecular weight is 190 g/mol. The lowest BCUT2D eigenvalue weighted by Crippen LogP contribution is -2.18. The summed E-state index contributed by atoms with van der Waals surface area (Å²) in [6.07, 6.45) is 0. The van der Waals surface area contributed by atoms with Gasteiger partial charge in [-0.1, -0.05) is 30.4 Å². The van der Waals surface area contributed by atoms with Crippen molar-refractivity contribution >= 4 is 5.97 Å². The molecule has 0 radical (unpaired) electrons. The monoisotopic (exact) mass is 190 g/mol. The van der Waals surface area contributed by atoms with Gasteiger partial charge in [0.05, 0.1) is 5.92 Å². The topological polar surface area (TPSA) is 26.3 Å². The van der Waals surface area contributed by atoms with Crippen molar-refractivity contribution in [2.24, 2.45) is 5.92 Å². The van der Waals surface area contributed by atoms with E-state index >= 15 is 0 Å². The molecule has 2 nitrogen and oxygen atoms in total. The highest BCUT2D eigenvalue weighted by atomic mass is 16.5. The van der Waals surface area contributed by atoms with Crippen LogP contribution in [-0.4, -0.2) is 5.97 Å². The van der Waals surface area contributed by atoms with Crippen LogP contribution in [0.15, 0.2) is 42.5 Å². The summed E-state index contributed by atoms with van der Waals surface area (Å²) in [5.74, 6) is 0.0597. The van der Waals surface area contributed by atoms with Crippen LogP contribution in [0, 0.1) is 5.92 Å². The Hall–Kier alpha value is -1.57. The second kappa shape index (κ2) is 4.61. The van der Waals surface area contributed by atoms with Crippen LogP contribution in [-0.2, 0) is 4.79 Å². The van der Waals surface area contributed by atoms with E-state index in [1.165, 1.54) is 0 Å². The van der Waals surface area contributed by atoms with Gasteiger partial charge in [0.15, 0.2) is 0 Å². The highest BCUT2D eigenvalue weighted by Crippen LogP contribution is 2.14. The first kappa shape index (κ1) is 10.5. The third-order valence-electron chi connectivity index (χ3n) is 2.05. The molecule has 0 aliphatic carbocycles. The number of hydrogen-bond donors (Lipinski definition) is 0. The highest BCUT2D eigenvalue weighted by Gasteiger charge is 2.15. The van der Waals surface area contributed by atoms with Crippen LogP contribution in [0.2, 0.25) is 0 Å². The molecule has 0 N–H and O–H groups in total. The molecule has 0 saturated carbocycles. The Kier molecular flexibility index (Phi) is 3.46. The fourth-order valence-electron chi connectivity index (χ4n) is 0.894. The summed E-state index contributed by atoms with van der Waals surface area (Å²) in [7, 11) is 0. The fourth-order valence-corrected chi connectivity index (χ4v) is 0.894. The Morgan fingerprint density at radius 3 is 2.43 bits per heavy atom. The van der Waals surface area contributed by atoms with Gasteiger partial charge in [-0.2, -0.15) is 0 Å². The standard InChI is InChI=1S/C12H14O2/c1-9(2)10(3)12(13)14-11-7-5-4-6-8-11/h4-8,10H,1H2,2-3H3. The summed E-state index contributed by atoms with van der Waals surface area (Å²) >= 11 is 0. The van der Waals surface area contributed by atoms with E-state index in [2.05, 4.69) is 6.58 Å². The molecule has 1 aromatic rings. The van der Waals surface area contributed by atoms with Gasteiger partial charge in [-0.05, 0) is 26.0 Å². The van der Waals surface area contributed by atoms with Crippen molar-refractivity contribution in [1.82, 2.24) is 0 Å². The summed E-state index contributed by atoms with van der Waals surface area (Å²) in [4.78, 5) is 11.5. The van der Waals surface area contributed by atoms with E-state index in [0.29, 0.717) is 5.75 Å². The maximum absolute atomic E-state index is 11.5. The molecule has 1 atom stereocenters. The molecule has 0 aliphatic heterocycles. The molecule has 0 fully saturated rings. The molecule has 1 aromatic carbocycles. The van der Waals surface area contributed by atoms with Crippen LogP contribution < -0.4 is 4.74 Å². The minimum absolute atomic E-state index is 0.254. The van der Waals surface area contributed by atoms with Crippen LogP contribution in [0.1, 0.15) is 13.8 Å². The number of hydrogen-bond acceptors (Lipinski definition) is 2. The van der Waals surface area contributed by atoms with Crippen molar-refractivity contribution in [3.63, 3.8) is 0 Å². The van der Waals surface area contributed by atoms with Crippen molar-refractivity contribution in [2.45, 2.75) is 13.8 Å². The van der Waals surface area contributed by atoms with E-state index < -0.39 is 0 Å². The SMILES string of the molecule is C=C(C)C(C)C(=O)Oc1ccccc1. The smallest absolute Gasteiger partial charge is 0.318 e. The number of carbonyl (C=O) groups is 1. The fraction of sp³-hybridized carbons (Fsp3) is 0.250. The van der Waals surface area contributed by atoms with Crippen LogP contribution in [0.4, 0.5) is 0 Å². The van der Waals surface area contributed by atoms with Gasteiger partial charge < -0.3 is 4.74 Å². The number of benzene rings is 1. The van der Waals surface area contributed by atoms with Gasteiger partial charge in [-0.3, -0.25) is 4.79 Å². The van der Waals surface area contributed by atoms with E-state index in [-0.39, 0.29) is 11.9 Å². The number of rotatable bonds is 3. The van der Waals surface area contributed by atoms with E-state index in [1.54, 1.807) is 19.1 Å². The Morgan fingerprint density at radius 2 is 1.93 bits per heavy atom. The van der Waals surface area contributed by atoms with Crippen molar-refractivity contribution in [1.29, 1.82) is 0 Å². The normalized spacial score (nSPS) is 11.9. The molecule has 0 spiro atoms. The number of carbonyl (C=O) groups excluding carboxylic acids is 1. The maximum Gasteiger partial charge on any atom is 0.318 e. The summed E-state index contributed by atoms with van der Waals surface area (Å²) < 4.78 is 5.14. The van der Waals surface area contributed by atoms with Gasteiger partial charge in [0.1, 0.15) is 5.75 Å². The van der Waals surface area contributed by atoms with Crippen LogP contribution >= 0.6 is 0 Å². The lowest BCUT2D eigenvalue weighted by atomic mass is 10.1. The molecule has 0 aromatic heterocycles. The van der Waals surface area contributed by atoms with Gasteiger partial charge >= 0.3 is 5.97 Å². The Labute approximate surface area is 84.2 Å². The van der Waals surface area contributed by atoms with E-state index in [4.69, 9.17) is 4.74 Å². The molecule has 1 rings (SSSR count). The molecular formula is C12H14O2. The molecule has 0 heterocycles. The lowest BCUT2D eigenvalue weighted by molar-refractivity contribution is -0.137. The van der Waals surface area contributed by atoms with Gasteiger partial charge in [0, 0.05) is 0 Å². The van der Waals surface area contributed by atoms with Gasteiger partial charge in [-0.15, -0.1) is 0 Å².